The van der Waals surface area contributed by atoms with Crippen LogP contribution in [0.25, 0.3) is 23.2 Å². The van der Waals surface area contributed by atoms with E-state index >= 15 is 0 Å². The lowest BCUT2D eigenvalue weighted by Crippen LogP contribution is -2.29. The fourth-order valence-electron chi connectivity index (χ4n) is 2.24. The second-order valence-electron chi connectivity index (χ2n) is 5.38. The fraction of sp³-hybridized carbons (Fsp3) is 0.105. The van der Waals surface area contributed by atoms with Crippen LogP contribution in [-0.4, -0.2) is 45.2 Å². The van der Waals surface area contributed by atoms with Gasteiger partial charge in [-0.1, -0.05) is 42.3 Å². The Labute approximate surface area is 164 Å². The molecular formula is C19H15N5O3S. The van der Waals surface area contributed by atoms with E-state index in [2.05, 4.69) is 26.8 Å². The number of ether oxygens (including phenoxy) is 1. The number of hydrogen-bond donors (Lipinski definition) is 1. The van der Waals surface area contributed by atoms with Gasteiger partial charge in [0.1, 0.15) is 0 Å². The summed E-state index contributed by atoms with van der Waals surface area (Å²) in [7, 11) is 0. The van der Waals surface area contributed by atoms with E-state index in [9.17, 15) is 9.59 Å². The molecule has 0 radical (unpaired) electrons. The number of terminal acetylenes is 1. The average molecular weight is 393 g/mol. The quantitative estimate of drug-likeness (QED) is 0.373. The van der Waals surface area contributed by atoms with Gasteiger partial charge in [-0.3, -0.25) is 4.79 Å². The van der Waals surface area contributed by atoms with E-state index in [-0.39, 0.29) is 12.2 Å². The van der Waals surface area contributed by atoms with Crippen molar-refractivity contribution < 1.29 is 14.3 Å². The van der Waals surface area contributed by atoms with Gasteiger partial charge in [-0.2, -0.15) is 4.68 Å². The van der Waals surface area contributed by atoms with Gasteiger partial charge >= 0.3 is 5.97 Å². The summed E-state index contributed by atoms with van der Waals surface area (Å²) in [6.07, 6.45) is 6.69. The van der Waals surface area contributed by atoms with Crippen LogP contribution < -0.4 is 5.32 Å². The first-order valence-corrected chi connectivity index (χ1v) is 9.03. The summed E-state index contributed by atoms with van der Waals surface area (Å²) in [6, 6.07) is 12.9. The molecule has 1 aromatic carbocycles. The Bertz CT molecular complexity index is 1020. The smallest absolute Gasteiger partial charge is 0.357 e. The normalized spacial score (nSPS) is 10.9. The molecule has 28 heavy (non-hydrogen) atoms. The van der Waals surface area contributed by atoms with Gasteiger partial charge in [0, 0.05) is 10.4 Å². The van der Waals surface area contributed by atoms with Crippen LogP contribution in [0.1, 0.15) is 4.88 Å². The van der Waals surface area contributed by atoms with Crippen molar-refractivity contribution in [3.05, 3.63) is 52.7 Å². The maximum absolute atomic E-state index is 12.7. The number of hydrogen-bond acceptors (Lipinski definition) is 7. The van der Waals surface area contributed by atoms with Crippen molar-refractivity contribution in [3.8, 4) is 23.7 Å². The zero-order valence-corrected chi connectivity index (χ0v) is 15.4. The summed E-state index contributed by atoms with van der Waals surface area (Å²) in [6.45, 7) is -0.412. The Morgan fingerprint density at radius 2 is 2.07 bits per heavy atom. The minimum absolute atomic E-state index is 0.0550. The minimum Gasteiger partial charge on any atom is -0.451 e. The second kappa shape index (κ2) is 9.25. The molecule has 1 N–H and O–H groups in total. The van der Waals surface area contributed by atoms with Crippen molar-refractivity contribution in [1.82, 2.24) is 25.5 Å². The first kappa shape index (κ1) is 19.0. The third-order valence-electron chi connectivity index (χ3n) is 3.48. The Morgan fingerprint density at radius 1 is 1.25 bits per heavy atom. The zero-order valence-electron chi connectivity index (χ0n) is 14.6. The van der Waals surface area contributed by atoms with Gasteiger partial charge in [-0.05, 0) is 27.9 Å². The molecule has 1 amide bonds. The van der Waals surface area contributed by atoms with Crippen molar-refractivity contribution in [2.24, 2.45) is 0 Å². The molecular weight excluding hydrogens is 378 g/mol. The average Bonchev–Trinajstić information content (AvgIpc) is 3.41. The number of benzene rings is 1. The number of rotatable bonds is 7. The van der Waals surface area contributed by atoms with E-state index in [0.29, 0.717) is 5.82 Å². The van der Waals surface area contributed by atoms with Crippen LogP contribution in [-0.2, 0) is 14.3 Å². The van der Waals surface area contributed by atoms with Gasteiger partial charge in [-0.25, -0.2) is 4.79 Å². The predicted octanol–water partition coefficient (Wildman–Crippen LogP) is 1.69. The highest BCUT2D eigenvalue weighted by Gasteiger charge is 2.21. The molecule has 2 aromatic heterocycles. The molecule has 0 bridgehead atoms. The van der Waals surface area contributed by atoms with Gasteiger partial charge in [0.25, 0.3) is 5.91 Å². The number of nitrogens with zero attached hydrogens (tertiary/aromatic N) is 4. The van der Waals surface area contributed by atoms with Crippen LogP contribution >= 0.6 is 11.3 Å². The van der Waals surface area contributed by atoms with E-state index < -0.39 is 18.5 Å². The summed E-state index contributed by atoms with van der Waals surface area (Å²) in [5, 5.41) is 15.9. The van der Waals surface area contributed by atoms with Crippen molar-refractivity contribution in [2.75, 3.05) is 13.2 Å². The topological polar surface area (TPSA) is 99.0 Å². The lowest BCUT2D eigenvalue weighted by atomic mass is 10.2. The first-order chi connectivity index (χ1) is 13.7. The molecule has 0 saturated carbocycles. The van der Waals surface area contributed by atoms with Crippen LogP contribution in [0.2, 0.25) is 0 Å². The van der Waals surface area contributed by atoms with Crippen molar-refractivity contribution in [1.29, 1.82) is 0 Å². The zero-order chi connectivity index (χ0) is 19.8. The maximum Gasteiger partial charge on any atom is 0.357 e. The van der Waals surface area contributed by atoms with Crippen molar-refractivity contribution in [3.63, 3.8) is 0 Å². The van der Waals surface area contributed by atoms with E-state index in [1.165, 1.54) is 16.0 Å². The van der Waals surface area contributed by atoms with Crippen LogP contribution in [0.3, 0.4) is 0 Å². The Kier molecular flexibility index (Phi) is 6.28. The van der Waals surface area contributed by atoms with Crippen molar-refractivity contribution >= 4 is 35.0 Å². The lowest BCUT2D eigenvalue weighted by Gasteiger charge is -2.09. The Hall–Kier alpha value is -3.77. The van der Waals surface area contributed by atoms with E-state index in [1.807, 2.05) is 47.8 Å². The molecule has 8 nitrogen and oxygen atoms in total. The highest BCUT2D eigenvalue weighted by atomic mass is 32.1. The number of amides is 1. The molecule has 0 atom stereocenters. The molecule has 3 aromatic rings. The van der Waals surface area contributed by atoms with E-state index in [0.717, 1.165) is 10.4 Å². The number of carbonyl (C=O) groups excluding carboxylic acids is 2. The second-order valence-corrected chi connectivity index (χ2v) is 6.36. The number of thiophene rings is 1. The fourth-order valence-corrected chi connectivity index (χ4v) is 2.89. The van der Waals surface area contributed by atoms with Gasteiger partial charge < -0.3 is 10.1 Å². The molecule has 0 aliphatic rings. The summed E-state index contributed by atoms with van der Waals surface area (Å²) in [5.74, 6) is 1.41. The van der Waals surface area contributed by atoms with Gasteiger partial charge in [-0.15, -0.1) is 22.9 Å². The van der Waals surface area contributed by atoms with Crippen LogP contribution in [0.15, 0.2) is 47.8 Å². The molecule has 0 fully saturated rings. The van der Waals surface area contributed by atoms with Crippen LogP contribution in [0.4, 0.5) is 0 Å². The molecule has 2 heterocycles. The number of carbonyl (C=O) groups is 2. The van der Waals surface area contributed by atoms with Crippen LogP contribution in [0.5, 0.6) is 0 Å². The summed E-state index contributed by atoms with van der Waals surface area (Å²) < 4.78 is 6.42. The van der Waals surface area contributed by atoms with E-state index in [1.54, 1.807) is 6.08 Å². The molecule has 0 aliphatic carbocycles. The Balaban J connectivity index is 1.90. The Morgan fingerprint density at radius 3 is 2.79 bits per heavy atom. The monoisotopic (exact) mass is 393 g/mol. The third-order valence-corrected chi connectivity index (χ3v) is 4.30. The molecule has 0 unspecified atom stereocenters. The lowest BCUT2D eigenvalue weighted by molar-refractivity contribution is -0.143. The van der Waals surface area contributed by atoms with Crippen molar-refractivity contribution in [2.45, 2.75) is 0 Å². The molecule has 0 aliphatic heterocycles. The number of tetrazole rings is 1. The number of esters is 1. The standard InChI is InChI=1S/C19H15N5O3S/c1-2-10-20-17(25)13-27-19(26)16(12-15-9-6-11-28-15)24-18(21-22-23-24)14-7-4-3-5-8-14/h1,3-9,11-12H,10,13H2,(H,20,25)/b16-12-. The van der Waals surface area contributed by atoms with E-state index in [4.69, 9.17) is 11.2 Å². The summed E-state index contributed by atoms with van der Waals surface area (Å²) in [5.41, 5.74) is 0.806. The third kappa shape index (κ3) is 4.69. The van der Waals surface area contributed by atoms with Gasteiger partial charge in [0.15, 0.2) is 18.1 Å². The maximum atomic E-state index is 12.7. The molecule has 0 spiro atoms. The molecule has 9 heteroatoms. The highest BCUT2D eigenvalue weighted by molar-refractivity contribution is 7.10. The van der Waals surface area contributed by atoms with Crippen LogP contribution in [0, 0.1) is 12.3 Å². The largest absolute Gasteiger partial charge is 0.451 e. The molecule has 140 valence electrons. The van der Waals surface area contributed by atoms with Gasteiger partial charge in [0.2, 0.25) is 0 Å². The summed E-state index contributed by atoms with van der Waals surface area (Å²) in [4.78, 5) is 25.2. The van der Waals surface area contributed by atoms with Gasteiger partial charge in [0.05, 0.1) is 6.54 Å². The summed E-state index contributed by atoms with van der Waals surface area (Å²) >= 11 is 1.44. The predicted molar refractivity (Wildman–Crippen MR) is 105 cm³/mol. The molecule has 0 saturated heterocycles. The number of nitrogens with one attached hydrogen (secondary N) is 1. The molecule has 3 rings (SSSR count). The highest BCUT2D eigenvalue weighted by Crippen LogP contribution is 2.22. The first-order valence-electron chi connectivity index (χ1n) is 8.15. The SMILES string of the molecule is C#CCNC(=O)COC(=O)/C(=C/c1cccs1)n1nnnc1-c1ccccc1. The minimum atomic E-state index is -0.742. The number of aromatic nitrogens is 4.